The minimum Gasteiger partial charge on any atom is -0.382 e. The Balaban J connectivity index is 1.80. The van der Waals surface area contributed by atoms with E-state index in [0.29, 0.717) is 22.2 Å². The molecule has 0 saturated heterocycles. The topological polar surface area (TPSA) is 109 Å². The lowest BCUT2D eigenvalue weighted by molar-refractivity contribution is 0.109. The van der Waals surface area contributed by atoms with Gasteiger partial charge in [-0.1, -0.05) is 0 Å². The number of hydrogen-bond donors (Lipinski definition) is 1. The van der Waals surface area contributed by atoms with Gasteiger partial charge in [0.1, 0.15) is 17.4 Å². The fraction of sp³-hybridized carbons (Fsp3) is 0.474. The lowest BCUT2D eigenvalue weighted by atomic mass is 10.2. The summed E-state index contributed by atoms with van der Waals surface area (Å²) in [5, 5.41) is 0.384. The first-order valence-electron chi connectivity index (χ1n) is 9.25. The lowest BCUT2D eigenvalue weighted by Gasteiger charge is -2.14. The number of imidazole rings is 1. The maximum atomic E-state index is 12.3. The molecule has 9 heteroatoms. The largest absolute Gasteiger partial charge is 0.382 e. The van der Waals surface area contributed by atoms with Crippen molar-refractivity contribution in [3.05, 3.63) is 35.5 Å². The highest BCUT2D eigenvalue weighted by molar-refractivity contribution is 7.84. The van der Waals surface area contributed by atoms with Gasteiger partial charge in [0.2, 0.25) is 5.16 Å². The molecule has 0 amide bonds. The first kappa shape index (κ1) is 20.3. The summed E-state index contributed by atoms with van der Waals surface area (Å²) in [6, 6.07) is 1.72. The second-order valence-corrected chi connectivity index (χ2v) is 8.16. The van der Waals surface area contributed by atoms with Gasteiger partial charge in [0.15, 0.2) is 5.82 Å². The molecule has 0 fully saturated rings. The van der Waals surface area contributed by atoms with Crippen molar-refractivity contribution in [2.24, 2.45) is 0 Å². The SMILES string of the molecule is COC(C)c1nc2c(N)nc(C)c(C)c2n1CCCCS(=O)c1ncccn1. The minimum atomic E-state index is -1.19. The van der Waals surface area contributed by atoms with Gasteiger partial charge < -0.3 is 15.0 Å². The fourth-order valence-corrected chi connectivity index (χ4v) is 4.16. The summed E-state index contributed by atoms with van der Waals surface area (Å²) in [5.74, 6) is 1.78. The van der Waals surface area contributed by atoms with E-state index in [1.807, 2.05) is 20.8 Å². The predicted octanol–water partition coefficient (Wildman–Crippen LogP) is 2.72. The summed E-state index contributed by atoms with van der Waals surface area (Å²) in [5.41, 5.74) is 9.79. The summed E-state index contributed by atoms with van der Waals surface area (Å²) >= 11 is 0. The van der Waals surface area contributed by atoms with Crippen LogP contribution in [0.25, 0.3) is 11.0 Å². The van der Waals surface area contributed by atoms with Gasteiger partial charge in [0, 0.05) is 37.5 Å². The zero-order valence-corrected chi connectivity index (χ0v) is 17.5. The molecule has 28 heavy (non-hydrogen) atoms. The van der Waals surface area contributed by atoms with Crippen molar-refractivity contribution in [2.75, 3.05) is 18.6 Å². The molecule has 0 spiro atoms. The Bertz CT molecular complexity index is 989. The van der Waals surface area contributed by atoms with E-state index in [-0.39, 0.29) is 6.10 Å². The monoisotopic (exact) mass is 402 g/mol. The number of anilines is 1. The van der Waals surface area contributed by atoms with E-state index >= 15 is 0 Å². The normalized spacial score (nSPS) is 13.7. The number of rotatable bonds is 8. The van der Waals surface area contributed by atoms with Crippen LogP contribution < -0.4 is 5.73 Å². The summed E-state index contributed by atoms with van der Waals surface area (Å²) in [7, 11) is 0.476. The van der Waals surface area contributed by atoms with Gasteiger partial charge in [0.05, 0.1) is 16.3 Å². The van der Waals surface area contributed by atoms with Gasteiger partial charge in [-0.05, 0) is 45.2 Å². The van der Waals surface area contributed by atoms with Gasteiger partial charge in [0.25, 0.3) is 0 Å². The average Bonchev–Trinajstić information content (AvgIpc) is 3.09. The molecule has 150 valence electrons. The third-order valence-electron chi connectivity index (χ3n) is 4.85. The van der Waals surface area contributed by atoms with E-state index in [9.17, 15) is 4.21 Å². The number of fused-ring (bicyclic) bond motifs is 1. The zero-order valence-electron chi connectivity index (χ0n) is 16.7. The van der Waals surface area contributed by atoms with E-state index in [2.05, 4.69) is 19.5 Å². The number of nitrogens with two attached hydrogens (primary N) is 1. The molecule has 0 bridgehead atoms. The minimum absolute atomic E-state index is 0.168. The molecule has 2 N–H and O–H groups in total. The number of methoxy groups -OCH3 is 1. The molecular weight excluding hydrogens is 376 g/mol. The van der Waals surface area contributed by atoms with E-state index in [1.54, 1.807) is 25.6 Å². The van der Waals surface area contributed by atoms with Crippen LogP contribution in [0.5, 0.6) is 0 Å². The van der Waals surface area contributed by atoms with Crippen LogP contribution in [0.4, 0.5) is 5.82 Å². The Kier molecular flexibility index (Phi) is 6.35. The van der Waals surface area contributed by atoms with Crippen molar-refractivity contribution in [1.29, 1.82) is 0 Å². The number of nitrogen functional groups attached to an aromatic ring is 1. The summed E-state index contributed by atoms with van der Waals surface area (Å²) < 4.78 is 20.0. The van der Waals surface area contributed by atoms with Gasteiger partial charge >= 0.3 is 0 Å². The maximum Gasteiger partial charge on any atom is 0.218 e. The highest BCUT2D eigenvalue weighted by Gasteiger charge is 2.21. The number of aromatic nitrogens is 5. The predicted molar refractivity (Wildman–Crippen MR) is 109 cm³/mol. The molecule has 8 nitrogen and oxygen atoms in total. The van der Waals surface area contributed by atoms with Gasteiger partial charge in [-0.2, -0.15) is 0 Å². The fourth-order valence-electron chi connectivity index (χ4n) is 3.16. The van der Waals surface area contributed by atoms with Crippen molar-refractivity contribution in [3.8, 4) is 0 Å². The van der Waals surface area contributed by atoms with Crippen molar-refractivity contribution in [1.82, 2.24) is 24.5 Å². The Morgan fingerprint density at radius 3 is 2.61 bits per heavy atom. The van der Waals surface area contributed by atoms with Gasteiger partial charge in [-0.3, -0.25) is 4.21 Å². The molecule has 0 saturated carbocycles. The molecule has 3 aromatic heterocycles. The molecule has 0 aliphatic heterocycles. The van der Waals surface area contributed by atoms with E-state index in [1.165, 1.54) is 0 Å². The van der Waals surface area contributed by atoms with Crippen LogP contribution in [-0.2, 0) is 22.1 Å². The van der Waals surface area contributed by atoms with Crippen LogP contribution in [0, 0.1) is 13.8 Å². The Labute approximate surface area is 167 Å². The third-order valence-corrected chi connectivity index (χ3v) is 6.13. The number of nitrogens with zero attached hydrogens (tertiary/aromatic N) is 5. The molecule has 3 rings (SSSR count). The summed E-state index contributed by atoms with van der Waals surface area (Å²) in [6.07, 6.45) is 4.68. The first-order chi connectivity index (χ1) is 13.4. The molecule has 0 aromatic carbocycles. The number of ether oxygens (including phenoxy) is 1. The summed E-state index contributed by atoms with van der Waals surface area (Å²) in [4.78, 5) is 17.2. The number of hydrogen-bond acceptors (Lipinski definition) is 7. The van der Waals surface area contributed by atoms with Crippen molar-refractivity contribution >= 4 is 27.7 Å². The molecular formula is C19H26N6O2S. The van der Waals surface area contributed by atoms with E-state index in [0.717, 1.165) is 42.0 Å². The van der Waals surface area contributed by atoms with Crippen LogP contribution in [0.2, 0.25) is 0 Å². The van der Waals surface area contributed by atoms with Crippen LogP contribution in [0.15, 0.2) is 23.6 Å². The Morgan fingerprint density at radius 2 is 1.93 bits per heavy atom. The highest BCUT2D eigenvalue weighted by atomic mass is 32.2. The average molecular weight is 403 g/mol. The van der Waals surface area contributed by atoms with Crippen LogP contribution >= 0.6 is 0 Å². The lowest BCUT2D eigenvalue weighted by Crippen LogP contribution is -2.11. The van der Waals surface area contributed by atoms with Crippen LogP contribution in [0.3, 0.4) is 0 Å². The number of aryl methyl sites for hydroxylation is 3. The molecule has 2 atom stereocenters. The van der Waals surface area contributed by atoms with Crippen molar-refractivity contribution in [3.63, 3.8) is 0 Å². The smallest absolute Gasteiger partial charge is 0.218 e. The quantitative estimate of drug-likeness (QED) is 0.456. The maximum absolute atomic E-state index is 12.3. The highest BCUT2D eigenvalue weighted by Crippen LogP contribution is 2.29. The molecule has 3 heterocycles. The third kappa shape index (κ3) is 4.05. The second-order valence-electron chi connectivity index (χ2n) is 6.69. The molecule has 0 aliphatic rings. The molecule has 0 radical (unpaired) electrons. The van der Waals surface area contributed by atoms with Crippen molar-refractivity contribution in [2.45, 2.75) is 51.4 Å². The molecule has 0 aliphatic carbocycles. The Hall–Kier alpha value is -2.39. The van der Waals surface area contributed by atoms with Gasteiger partial charge in [-0.15, -0.1) is 0 Å². The van der Waals surface area contributed by atoms with Crippen molar-refractivity contribution < 1.29 is 8.95 Å². The van der Waals surface area contributed by atoms with Gasteiger partial charge in [-0.25, -0.2) is 19.9 Å². The summed E-state index contributed by atoms with van der Waals surface area (Å²) in [6.45, 7) is 6.68. The number of unbranched alkanes of at least 4 members (excludes halogenated alkanes) is 1. The van der Waals surface area contributed by atoms with E-state index in [4.69, 9.17) is 15.5 Å². The Morgan fingerprint density at radius 1 is 1.21 bits per heavy atom. The second kappa shape index (κ2) is 8.74. The van der Waals surface area contributed by atoms with E-state index < -0.39 is 10.8 Å². The number of pyridine rings is 1. The van der Waals surface area contributed by atoms with Crippen LogP contribution in [-0.4, -0.2) is 41.6 Å². The molecule has 2 unspecified atom stereocenters. The zero-order chi connectivity index (χ0) is 20.3. The van der Waals surface area contributed by atoms with Crippen LogP contribution in [0.1, 0.15) is 43.0 Å². The first-order valence-corrected chi connectivity index (χ1v) is 10.6. The molecule has 3 aromatic rings. The standard InChI is InChI=1S/C19H26N6O2S/c1-12-13(2)23-17(20)15-16(12)25(18(24-15)14(3)27-4)10-5-6-11-28(26)19-21-8-7-9-22-19/h7-9,14H,5-6,10-11H2,1-4H3,(H2,20,23).